The Morgan fingerprint density at radius 1 is 0.636 bits per heavy atom. The summed E-state index contributed by atoms with van der Waals surface area (Å²) in [5, 5.41) is 0. The number of hydrogen-bond donors (Lipinski definition) is 0. The Hall–Kier alpha value is -1.32. The highest BCUT2D eigenvalue weighted by molar-refractivity contribution is 5.66. The van der Waals surface area contributed by atoms with Gasteiger partial charge in [-0.3, -0.25) is 9.59 Å². The summed E-state index contributed by atoms with van der Waals surface area (Å²) >= 11 is 0. The lowest BCUT2D eigenvalue weighted by molar-refractivity contribution is -0.142. The van der Waals surface area contributed by atoms with Crippen molar-refractivity contribution in [3.63, 3.8) is 0 Å². The van der Waals surface area contributed by atoms with Gasteiger partial charge >= 0.3 is 11.9 Å². The van der Waals surface area contributed by atoms with E-state index in [0.29, 0.717) is 13.2 Å². The number of carbonyl (C=O) groups excluding carboxylic acids is 2. The smallest absolute Gasteiger partial charge is 0.302 e. The number of allylic oxidation sites excluding steroid dienone is 2. The highest BCUT2D eigenvalue weighted by Crippen LogP contribution is 2.07. The standard InChI is InChI=1S/C18H32O4/c1-17(19)21-15-13-11-9-7-5-3-4-6-8-10-12-14-16-22-18(2)20/h3-4H,5-16H2,1-2H3. The minimum atomic E-state index is -0.186. The predicted octanol–water partition coefficient (Wildman–Crippen LogP) is 4.57. The van der Waals surface area contributed by atoms with Gasteiger partial charge in [0.15, 0.2) is 0 Å². The molecule has 0 fully saturated rings. The molecule has 0 aliphatic heterocycles. The largest absolute Gasteiger partial charge is 0.466 e. The highest BCUT2D eigenvalue weighted by Gasteiger charge is 1.94. The van der Waals surface area contributed by atoms with Gasteiger partial charge in [-0.15, -0.1) is 0 Å². The van der Waals surface area contributed by atoms with Crippen molar-refractivity contribution in [2.45, 2.75) is 78.1 Å². The molecule has 0 amide bonds. The molecule has 0 rings (SSSR count). The minimum Gasteiger partial charge on any atom is -0.466 e. The molecule has 0 bridgehead atoms. The second-order valence-electron chi connectivity index (χ2n) is 5.56. The fourth-order valence-corrected chi connectivity index (χ4v) is 2.10. The normalized spacial score (nSPS) is 10.8. The van der Waals surface area contributed by atoms with Crippen molar-refractivity contribution in [1.82, 2.24) is 0 Å². The Kier molecular flexibility index (Phi) is 15.1. The Morgan fingerprint density at radius 3 is 1.36 bits per heavy atom. The number of ether oxygens (including phenoxy) is 2. The van der Waals surface area contributed by atoms with Crippen molar-refractivity contribution < 1.29 is 19.1 Å². The van der Waals surface area contributed by atoms with Crippen molar-refractivity contribution in [3.8, 4) is 0 Å². The molecule has 4 heteroatoms. The predicted molar refractivity (Wildman–Crippen MR) is 88.6 cm³/mol. The van der Waals surface area contributed by atoms with Gasteiger partial charge in [-0.2, -0.15) is 0 Å². The molecule has 0 N–H and O–H groups in total. The molecule has 0 atom stereocenters. The number of carbonyl (C=O) groups is 2. The fraction of sp³-hybridized carbons (Fsp3) is 0.778. The monoisotopic (exact) mass is 312 g/mol. The average Bonchev–Trinajstić information content (AvgIpc) is 2.46. The molecule has 0 saturated carbocycles. The van der Waals surface area contributed by atoms with Gasteiger partial charge in [0.05, 0.1) is 13.2 Å². The molecule has 0 radical (unpaired) electrons. The van der Waals surface area contributed by atoms with Crippen LogP contribution in [0, 0.1) is 0 Å². The maximum Gasteiger partial charge on any atom is 0.302 e. The topological polar surface area (TPSA) is 52.6 Å². The second-order valence-corrected chi connectivity index (χ2v) is 5.56. The molecule has 0 aromatic rings. The van der Waals surface area contributed by atoms with Gasteiger partial charge < -0.3 is 9.47 Å². The summed E-state index contributed by atoms with van der Waals surface area (Å²) in [4.78, 5) is 21.1. The molecule has 0 aliphatic rings. The SMILES string of the molecule is CC(=O)OCCCCCCC=CCCCCCCOC(C)=O. The number of unbranched alkanes of at least 4 members (excludes halogenated alkanes) is 8. The van der Waals surface area contributed by atoms with Crippen LogP contribution in [0.4, 0.5) is 0 Å². The van der Waals surface area contributed by atoms with Gasteiger partial charge in [0, 0.05) is 13.8 Å². The van der Waals surface area contributed by atoms with Crippen LogP contribution in [0.1, 0.15) is 78.1 Å². The number of esters is 2. The molecule has 0 aromatic carbocycles. The van der Waals surface area contributed by atoms with E-state index in [0.717, 1.165) is 38.5 Å². The lowest BCUT2D eigenvalue weighted by atomic mass is 10.1. The van der Waals surface area contributed by atoms with Gasteiger partial charge in [-0.1, -0.05) is 37.8 Å². The van der Waals surface area contributed by atoms with Crippen molar-refractivity contribution in [2.75, 3.05) is 13.2 Å². The van der Waals surface area contributed by atoms with Gasteiger partial charge in [0.2, 0.25) is 0 Å². The van der Waals surface area contributed by atoms with Crippen LogP contribution in [0.15, 0.2) is 12.2 Å². The molecule has 0 aliphatic carbocycles. The maximum absolute atomic E-state index is 10.6. The van der Waals surface area contributed by atoms with Crippen LogP contribution in [0.2, 0.25) is 0 Å². The first-order valence-corrected chi connectivity index (χ1v) is 8.54. The first-order valence-electron chi connectivity index (χ1n) is 8.54. The van der Waals surface area contributed by atoms with E-state index in [-0.39, 0.29) is 11.9 Å². The van der Waals surface area contributed by atoms with Crippen LogP contribution in [-0.2, 0) is 19.1 Å². The number of hydrogen-bond acceptors (Lipinski definition) is 4. The molecule has 0 saturated heterocycles. The highest BCUT2D eigenvalue weighted by atomic mass is 16.5. The van der Waals surface area contributed by atoms with E-state index in [9.17, 15) is 9.59 Å². The molecule has 0 unspecified atom stereocenters. The van der Waals surface area contributed by atoms with E-state index in [4.69, 9.17) is 9.47 Å². The Morgan fingerprint density at radius 2 is 1.00 bits per heavy atom. The van der Waals surface area contributed by atoms with Crippen LogP contribution in [0.3, 0.4) is 0 Å². The average molecular weight is 312 g/mol. The third kappa shape index (κ3) is 18.7. The zero-order chi connectivity index (χ0) is 16.5. The summed E-state index contributed by atoms with van der Waals surface area (Å²) in [5.74, 6) is -0.372. The van der Waals surface area contributed by atoms with E-state index < -0.39 is 0 Å². The van der Waals surface area contributed by atoms with Crippen LogP contribution in [0.5, 0.6) is 0 Å². The van der Waals surface area contributed by atoms with Crippen LogP contribution >= 0.6 is 0 Å². The summed E-state index contributed by atoms with van der Waals surface area (Å²) in [6.45, 7) is 4.01. The van der Waals surface area contributed by atoms with Crippen LogP contribution in [-0.4, -0.2) is 25.2 Å². The molecule has 22 heavy (non-hydrogen) atoms. The van der Waals surface area contributed by atoms with E-state index >= 15 is 0 Å². The third-order valence-corrected chi connectivity index (χ3v) is 3.31. The van der Waals surface area contributed by atoms with Crippen molar-refractivity contribution >= 4 is 11.9 Å². The van der Waals surface area contributed by atoms with E-state index in [1.165, 1.54) is 39.5 Å². The third-order valence-electron chi connectivity index (χ3n) is 3.31. The van der Waals surface area contributed by atoms with Gasteiger partial charge in [-0.25, -0.2) is 0 Å². The summed E-state index contributed by atoms with van der Waals surface area (Å²) in [5.41, 5.74) is 0. The molecule has 4 nitrogen and oxygen atoms in total. The fourth-order valence-electron chi connectivity index (χ4n) is 2.10. The molecular formula is C18H32O4. The zero-order valence-corrected chi connectivity index (χ0v) is 14.3. The molecule has 0 aromatic heterocycles. The van der Waals surface area contributed by atoms with Crippen molar-refractivity contribution in [1.29, 1.82) is 0 Å². The van der Waals surface area contributed by atoms with Crippen LogP contribution in [0.25, 0.3) is 0 Å². The first-order chi connectivity index (χ1) is 10.6. The lowest BCUT2D eigenvalue weighted by Crippen LogP contribution is -2.00. The Balaban J connectivity index is 3.12. The van der Waals surface area contributed by atoms with Crippen LogP contribution < -0.4 is 0 Å². The quantitative estimate of drug-likeness (QED) is 0.268. The molecule has 0 spiro atoms. The summed E-state index contributed by atoms with van der Waals surface area (Å²) < 4.78 is 9.77. The van der Waals surface area contributed by atoms with E-state index in [2.05, 4.69) is 12.2 Å². The van der Waals surface area contributed by atoms with E-state index in [1.54, 1.807) is 0 Å². The maximum atomic E-state index is 10.6. The first kappa shape index (κ1) is 20.7. The lowest BCUT2D eigenvalue weighted by Gasteiger charge is -2.01. The number of rotatable bonds is 14. The molecule has 0 heterocycles. The van der Waals surface area contributed by atoms with E-state index in [1.807, 2.05) is 0 Å². The second kappa shape index (κ2) is 16.1. The summed E-state index contributed by atoms with van der Waals surface area (Å²) in [6, 6.07) is 0. The minimum absolute atomic E-state index is 0.186. The van der Waals surface area contributed by atoms with Crippen molar-refractivity contribution in [3.05, 3.63) is 12.2 Å². The summed E-state index contributed by atoms with van der Waals surface area (Å²) in [7, 11) is 0. The summed E-state index contributed by atoms with van der Waals surface area (Å²) in [6.07, 6.45) is 15.8. The molecule has 128 valence electrons. The van der Waals surface area contributed by atoms with Gasteiger partial charge in [0.1, 0.15) is 0 Å². The Bertz CT molecular complexity index is 280. The zero-order valence-electron chi connectivity index (χ0n) is 14.3. The van der Waals surface area contributed by atoms with Gasteiger partial charge in [0.25, 0.3) is 0 Å². The Labute approximate surface area is 135 Å². The van der Waals surface area contributed by atoms with Crippen molar-refractivity contribution in [2.24, 2.45) is 0 Å². The van der Waals surface area contributed by atoms with Gasteiger partial charge in [-0.05, 0) is 38.5 Å². The molecular weight excluding hydrogens is 280 g/mol.